The average molecular weight is 680 g/mol. The number of aliphatic hydroxyl groups excluding tert-OH is 2. The Labute approximate surface area is 251 Å². The van der Waals surface area contributed by atoms with Gasteiger partial charge in [-0.3, -0.25) is 14.4 Å². The van der Waals surface area contributed by atoms with Crippen molar-refractivity contribution in [2.24, 2.45) is 5.92 Å². The van der Waals surface area contributed by atoms with E-state index in [9.17, 15) is 24.6 Å². The van der Waals surface area contributed by atoms with Crippen LogP contribution in [-0.4, -0.2) is 78.5 Å². The molecule has 4 rings (SSSR count). The number of hydrogen-bond donors (Lipinski definition) is 3. The van der Waals surface area contributed by atoms with E-state index >= 15 is 0 Å². The fourth-order valence-electron chi connectivity index (χ4n) is 4.76. The van der Waals surface area contributed by atoms with Crippen LogP contribution in [0.2, 0.25) is 0 Å². The van der Waals surface area contributed by atoms with Gasteiger partial charge in [0.1, 0.15) is 18.5 Å². The van der Waals surface area contributed by atoms with Gasteiger partial charge in [0.05, 0.1) is 23.3 Å². The highest BCUT2D eigenvalue weighted by atomic mass is 127. The SMILES string of the molecule is COc1cc(C=O)cc(I)c1O[C@H]1C=C(C(=O)NCCO)C[C@@H](N(Cc2ccc3c(c2)OCO3)C(=O)C(C)C)[C@@H]1O. The third-order valence-electron chi connectivity index (χ3n) is 6.82. The number of carbonyl (C=O) groups excluding carboxylic acids is 3. The van der Waals surface area contributed by atoms with Crippen LogP contribution < -0.4 is 24.3 Å². The maximum atomic E-state index is 13.6. The molecule has 0 saturated carbocycles. The maximum Gasteiger partial charge on any atom is 0.247 e. The molecule has 2 aromatic carbocycles. The molecule has 0 aromatic heterocycles. The van der Waals surface area contributed by atoms with Crippen LogP contribution in [0.1, 0.15) is 36.2 Å². The van der Waals surface area contributed by atoms with Gasteiger partial charge in [0.15, 0.2) is 23.0 Å². The number of methoxy groups -OCH3 is 1. The lowest BCUT2D eigenvalue weighted by Gasteiger charge is -2.41. The number of fused-ring (bicyclic) bond motifs is 1. The van der Waals surface area contributed by atoms with E-state index < -0.39 is 30.1 Å². The van der Waals surface area contributed by atoms with Crippen LogP contribution in [0.5, 0.6) is 23.0 Å². The van der Waals surface area contributed by atoms with Gasteiger partial charge < -0.3 is 39.4 Å². The van der Waals surface area contributed by atoms with Crippen LogP contribution in [0.4, 0.5) is 0 Å². The molecule has 1 aliphatic carbocycles. The molecular weight excluding hydrogens is 647 g/mol. The highest BCUT2D eigenvalue weighted by Crippen LogP contribution is 2.38. The lowest BCUT2D eigenvalue weighted by Crippen LogP contribution is -2.55. The number of ether oxygens (including phenoxy) is 4. The van der Waals surface area contributed by atoms with Crippen molar-refractivity contribution in [1.82, 2.24) is 10.2 Å². The van der Waals surface area contributed by atoms with E-state index in [0.717, 1.165) is 5.56 Å². The predicted molar refractivity (Wildman–Crippen MR) is 156 cm³/mol. The van der Waals surface area contributed by atoms with Crippen molar-refractivity contribution in [1.29, 1.82) is 0 Å². The highest BCUT2D eigenvalue weighted by Gasteiger charge is 2.41. The van der Waals surface area contributed by atoms with Gasteiger partial charge in [0, 0.05) is 36.6 Å². The summed E-state index contributed by atoms with van der Waals surface area (Å²) in [4.78, 5) is 39.6. The van der Waals surface area contributed by atoms with Gasteiger partial charge in [-0.1, -0.05) is 19.9 Å². The Bertz CT molecular complexity index is 1330. The topological polar surface area (TPSA) is 144 Å². The summed E-state index contributed by atoms with van der Waals surface area (Å²) in [5.74, 6) is 0.680. The summed E-state index contributed by atoms with van der Waals surface area (Å²) in [6, 6.07) is 7.68. The van der Waals surface area contributed by atoms with Crippen LogP contribution in [0.3, 0.4) is 0 Å². The van der Waals surface area contributed by atoms with E-state index in [1.165, 1.54) is 19.3 Å². The molecule has 220 valence electrons. The van der Waals surface area contributed by atoms with Gasteiger partial charge in [0.2, 0.25) is 18.6 Å². The van der Waals surface area contributed by atoms with Crippen molar-refractivity contribution in [2.75, 3.05) is 27.1 Å². The van der Waals surface area contributed by atoms with E-state index in [1.807, 2.05) is 28.7 Å². The molecule has 3 atom stereocenters. The van der Waals surface area contributed by atoms with Gasteiger partial charge in [0.25, 0.3) is 0 Å². The molecule has 1 heterocycles. The second-order valence-electron chi connectivity index (χ2n) is 9.98. The lowest BCUT2D eigenvalue weighted by molar-refractivity contribution is -0.142. The maximum absolute atomic E-state index is 13.6. The normalized spacial score (nSPS) is 19.4. The standard InChI is InChI=1S/C29H33IN2O9/c1-16(2)29(37)32(13-17-4-5-22-23(9-17)40-15-39-22)21-11-19(28(36)31-6-7-33)12-24(26(21)35)41-27-20(30)8-18(14-34)10-25(27)38-3/h4-5,8-10,12,14,16,21,24,26,33,35H,6-7,11,13,15H2,1-3H3,(H,31,36)/t21-,24+,26+/m1/s1. The first-order chi connectivity index (χ1) is 19.7. The first-order valence-corrected chi connectivity index (χ1v) is 14.2. The molecule has 3 N–H and O–H groups in total. The molecule has 2 aliphatic rings. The molecule has 0 unspecified atom stereocenters. The summed E-state index contributed by atoms with van der Waals surface area (Å²) in [5, 5.41) is 23.5. The molecule has 0 bridgehead atoms. The fraction of sp³-hybridized carbons (Fsp3) is 0.414. The summed E-state index contributed by atoms with van der Waals surface area (Å²) in [6.07, 6.45) is -0.00998. The van der Waals surface area contributed by atoms with Gasteiger partial charge in [-0.2, -0.15) is 0 Å². The Balaban J connectivity index is 1.72. The van der Waals surface area contributed by atoms with E-state index in [0.29, 0.717) is 32.5 Å². The average Bonchev–Trinajstić information content (AvgIpc) is 3.44. The zero-order chi connectivity index (χ0) is 29.7. The second kappa shape index (κ2) is 13.5. The molecular formula is C29H33IN2O9. The minimum absolute atomic E-state index is 0.0413. The number of nitrogens with one attached hydrogen (secondary N) is 1. The summed E-state index contributed by atoms with van der Waals surface area (Å²) < 4.78 is 23.2. The molecule has 2 amide bonds. The van der Waals surface area contributed by atoms with Crippen LogP contribution in [-0.2, 0) is 16.1 Å². The molecule has 11 nitrogen and oxygen atoms in total. The molecule has 0 fully saturated rings. The van der Waals surface area contributed by atoms with Crippen molar-refractivity contribution in [2.45, 2.75) is 45.1 Å². The van der Waals surface area contributed by atoms with Crippen molar-refractivity contribution in [3.8, 4) is 23.0 Å². The molecule has 1 aliphatic heterocycles. The minimum Gasteiger partial charge on any atom is -0.493 e. The monoisotopic (exact) mass is 680 g/mol. The first-order valence-electron chi connectivity index (χ1n) is 13.1. The van der Waals surface area contributed by atoms with E-state index in [2.05, 4.69) is 5.32 Å². The third-order valence-corrected chi connectivity index (χ3v) is 7.62. The van der Waals surface area contributed by atoms with Crippen molar-refractivity contribution in [3.63, 3.8) is 0 Å². The number of hydrogen-bond acceptors (Lipinski definition) is 9. The first kappa shape index (κ1) is 30.6. The van der Waals surface area contributed by atoms with Gasteiger partial charge in [-0.15, -0.1) is 0 Å². The van der Waals surface area contributed by atoms with Gasteiger partial charge >= 0.3 is 0 Å². The van der Waals surface area contributed by atoms with Crippen molar-refractivity contribution >= 4 is 40.7 Å². The zero-order valence-corrected chi connectivity index (χ0v) is 25.1. The Hall–Kier alpha value is -3.36. The largest absolute Gasteiger partial charge is 0.493 e. The zero-order valence-electron chi connectivity index (χ0n) is 23.0. The number of nitrogens with zero attached hydrogens (tertiary/aromatic N) is 1. The lowest BCUT2D eigenvalue weighted by atomic mass is 9.87. The Morgan fingerprint density at radius 1 is 1.22 bits per heavy atom. The molecule has 41 heavy (non-hydrogen) atoms. The molecule has 0 spiro atoms. The Morgan fingerprint density at radius 2 is 1.98 bits per heavy atom. The van der Waals surface area contributed by atoms with E-state index in [4.69, 9.17) is 18.9 Å². The summed E-state index contributed by atoms with van der Waals surface area (Å²) in [6.45, 7) is 3.59. The molecule has 0 saturated heterocycles. The number of aldehydes is 1. The quantitative estimate of drug-likeness (QED) is 0.241. The van der Waals surface area contributed by atoms with Gasteiger partial charge in [-0.25, -0.2) is 0 Å². The smallest absolute Gasteiger partial charge is 0.247 e. The number of benzene rings is 2. The molecule has 0 radical (unpaired) electrons. The minimum atomic E-state index is -1.23. The van der Waals surface area contributed by atoms with E-state index in [1.54, 1.807) is 36.9 Å². The van der Waals surface area contributed by atoms with Gasteiger partial charge in [-0.05, 0) is 58.5 Å². The Morgan fingerprint density at radius 3 is 2.66 bits per heavy atom. The number of halogens is 1. The fourth-order valence-corrected chi connectivity index (χ4v) is 5.52. The number of rotatable bonds is 11. The van der Waals surface area contributed by atoms with Crippen LogP contribution in [0.25, 0.3) is 0 Å². The summed E-state index contributed by atoms with van der Waals surface area (Å²) in [5.41, 5.74) is 1.44. The highest BCUT2D eigenvalue weighted by molar-refractivity contribution is 14.1. The van der Waals surface area contributed by atoms with Crippen LogP contribution in [0, 0.1) is 9.49 Å². The van der Waals surface area contributed by atoms with Crippen molar-refractivity contribution in [3.05, 3.63) is 56.7 Å². The third kappa shape index (κ3) is 6.93. The number of carbonyl (C=O) groups is 3. The van der Waals surface area contributed by atoms with Crippen molar-refractivity contribution < 1.29 is 43.5 Å². The summed E-state index contributed by atoms with van der Waals surface area (Å²) >= 11 is 2.01. The summed E-state index contributed by atoms with van der Waals surface area (Å²) in [7, 11) is 1.44. The molecule has 12 heteroatoms. The number of amides is 2. The number of aliphatic hydroxyl groups is 2. The molecule has 2 aromatic rings. The predicted octanol–water partition coefficient (Wildman–Crippen LogP) is 2.44. The van der Waals surface area contributed by atoms with E-state index in [-0.39, 0.29) is 50.3 Å². The van der Waals surface area contributed by atoms with Crippen LogP contribution in [0.15, 0.2) is 42.0 Å². The van der Waals surface area contributed by atoms with Crippen LogP contribution >= 0.6 is 22.6 Å². The second-order valence-corrected chi connectivity index (χ2v) is 11.1. The Kier molecular flexibility index (Phi) is 10.1.